The van der Waals surface area contributed by atoms with E-state index >= 15 is 0 Å². The molecule has 0 unspecified atom stereocenters. The molecule has 1 saturated heterocycles. The van der Waals surface area contributed by atoms with Gasteiger partial charge in [-0.25, -0.2) is 8.42 Å². The summed E-state index contributed by atoms with van der Waals surface area (Å²) in [6.07, 6.45) is 0.490. The van der Waals surface area contributed by atoms with Crippen LogP contribution in [0.1, 0.15) is 23.7 Å². The Kier molecular flexibility index (Phi) is 4.85. The molecular formula is C15H20N2O4S. The molecule has 0 bridgehead atoms. The predicted molar refractivity (Wildman–Crippen MR) is 84.8 cm³/mol. The molecule has 2 rings (SSSR count). The highest BCUT2D eigenvalue weighted by atomic mass is 32.2. The number of hydrogen-bond acceptors (Lipinski definition) is 5. The van der Waals surface area contributed by atoms with E-state index in [-0.39, 0.29) is 35.8 Å². The summed E-state index contributed by atoms with van der Waals surface area (Å²) in [5.41, 5.74) is 1.26. The Bertz CT molecular complexity index is 685. The van der Waals surface area contributed by atoms with E-state index in [9.17, 15) is 18.0 Å². The highest BCUT2D eigenvalue weighted by Crippen LogP contribution is 2.17. The number of sulfone groups is 1. The number of amides is 1. The summed E-state index contributed by atoms with van der Waals surface area (Å²) in [6.45, 7) is 1.55. The SMILES string of the molecule is CC(=O)c1cccc(NCC(=O)N(C)[C@H]2CCS(=O)(=O)C2)c1. The van der Waals surface area contributed by atoms with Gasteiger partial charge < -0.3 is 10.2 Å². The van der Waals surface area contributed by atoms with Gasteiger partial charge in [0.2, 0.25) is 5.91 Å². The van der Waals surface area contributed by atoms with Gasteiger partial charge in [-0.3, -0.25) is 9.59 Å². The van der Waals surface area contributed by atoms with Gasteiger partial charge in [-0.05, 0) is 25.5 Å². The van der Waals surface area contributed by atoms with Crippen LogP contribution in [0.25, 0.3) is 0 Å². The summed E-state index contributed by atoms with van der Waals surface area (Å²) < 4.78 is 22.9. The van der Waals surface area contributed by atoms with Crippen LogP contribution in [-0.4, -0.2) is 56.1 Å². The van der Waals surface area contributed by atoms with Crippen molar-refractivity contribution < 1.29 is 18.0 Å². The maximum Gasteiger partial charge on any atom is 0.241 e. The number of carbonyl (C=O) groups excluding carboxylic acids is 2. The van der Waals surface area contributed by atoms with Crippen LogP contribution in [0.2, 0.25) is 0 Å². The smallest absolute Gasteiger partial charge is 0.241 e. The second kappa shape index (κ2) is 6.48. The molecule has 1 aromatic carbocycles. The van der Waals surface area contributed by atoms with Crippen LogP contribution in [0.3, 0.4) is 0 Å². The summed E-state index contributed by atoms with van der Waals surface area (Å²) in [6, 6.07) is 6.68. The first-order chi connectivity index (χ1) is 10.3. The number of rotatable bonds is 5. The molecule has 1 atom stereocenters. The van der Waals surface area contributed by atoms with Gasteiger partial charge in [-0.15, -0.1) is 0 Å². The topological polar surface area (TPSA) is 83.6 Å². The minimum absolute atomic E-state index is 0.0368. The number of Topliss-reactive ketones (excluding diaryl/α,β-unsaturated/α-hetero) is 1. The fourth-order valence-electron chi connectivity index (χ4n) is 2.43. The first-order valence-corrected chi connectivity index (χ1v) is 8.91. The Morgan fingerprint density at radius 3 is 2.68 bits per heavy atom. The monoisotopic (exact) mass is 324 g/mol. The Hall–Kier alpha value is -1.89. The zero-order chi connectivity index (χ0) is 16.3. The number of likely N-dealkylation sites (N-methyl/N-ethyl adjacent to an activating group) is 1. The van der Waals surface area contributed by atoms with Gasteiger partial charge in [0, 0.05) is 24.3 Å². The average molecular weight is 324 g/mol. The molecule has 6 nitrogen and oxygen atoms in total. The van der Waals surface area contributed by atoms with Crippen molar-refractivity contribution in [3.8, 4) is 0 Å². The summed E-state index contributed by atoms with van der Waals surface area (Å²) >= 11 is 0. The Morgan fingerprint density at radius 1 is 1.36 bits per heavy atom. The lowest BCUT2D eigenvalue weighted by Gasteiger charge is -2.23. The Balaban J connectivity index is 1.92. The predicted octanol–water partition coefficient (Wildman–Crippen LogP) is 0.947. The number of benzene rings is 1. The second-order valence-electron chi connectivity index (χ2n) is 5.55. The molecule has 0 saturated carbocycles. The molecule has 1 aromatic rings. The van der Waals surface area contributed by atoms with Crippen molar-refractivity contribution >= 4 is 27.2 Å². The normalized spacial score (nSPS) is 19.6. The molecule has 1 N–H and O–H groups in total. The standard InChI is InChI=1S/C15H20N2O4S/c1-11(18)12-4-3-5-13(8-12)16-9-15(19)17(2)14-6-7-22(20,21)10-14/h3-5,8,14,16H,6-7,9-10H2,1-2H3/t14-/m0/s1. The molecule has 120 valence electrons. The summed E-state index contributed by atoms with van der Waals surface area (Å²) in [7, 11) is -1.38. The maximum atomic E-state index is 12.1. The summed E-state index contributed by atoms with van der Waals surface area (Å²) in [5, 5.41) is 2.97. The number of nitrogens with one attached hydrogen (secondary N) is 1. The largest absolute Gasteiger partial charge is 0.376 e. The molecule has 1 amide bonds. The third-order valence-corrected chi connectivity index (χ3v) is 5.61. The van der Waals surface area contributed by atoms with Crippen LogP contribution in [-0.2, 0) is 14.6 Å². The van der Waals surface area contributed by atoms with E-state index in [0.29, 0.717) is 17.7 Å². The lowest BCUT2D eigenvalue weighted by molar-refractivity contribution is -0.129. The number of anilines is 1. The van der Waals surface area contributed by atoms with Crippen molar-refractivity contribution in [2.75, 3.05) is 30.4 Å². The van der Waals surface area contributed by atoms with Crippen LogP contribution in [0.4, 0.5) is 5.69 Å². The van der Waals surface area contributed by atoms with E-state index in [1.165, 1.54) is 11.8 Å². The number of ketones is 1. The quantitative estimate of drug-likeness (QED) is 0.815. The fraction of sp³-hybridized carbons (Fsp3) is 0.467. The molecular weight excluding hydrogens is 304 g/mol. The van der Waals surface area contributed by atoms with Crippen molar-refractivity contribution in [2.45, 2.75) is 19.4 Å². The molecule has 1 aliphatic rings. The van der Waals surface area contributed by atoms with E-state index in [1.807, 2.05) is 0 Å². The van der Waals surface area contributed by atoms with Crippen molar-refractivity contribution in [3.05, 3.63) is 29.8 Å². The van der Waals surface area contributed by atoms with E-state index in [2.05, 4.69) is 5.32 Å². The molecule has 0 aliphatic carbocycles. The van der Waals surface area contributed by atoms with Gasteiger partial charge in [-0.1, -0.05) is 12.1 Å². The molecule has 1 fully saturated rings. The van der Waals surface area contributed by atoms with Gasteiger partial charge in [0.15, 0.2) is 15.6 Å². The fourth-order valence-corrected chi connectivity index (χ4v) is 4.21. The Morgan fingerprint density at radius 2 is 2.09 bits per heavy atom. The highest BCUT2D eigenvalue weighted by molar-refractivity contribution is 7.91. The lowest BCUT2D eigenvalue weighted by Crippen LogP contribution is -2.40. The number of carbonyl (C=O) groups is 2. The van der Waals surface area contributed by atoms with Crippen molar-refractivity contribution in [1.29, 1.82) is 0 Å². The minimum atomic E-state index is -3.01. The van der Waals surface area contributed by atoms with Crippen molar-refractivity contribution in [3.63, 3.8) is 0 Å². The zero-order valence-corrected chi connectivity index (χ0v) is 13.5. The molecule has 7 heteroatoms. The van der Waals surface area contributed by atoms with E-state index in [1.54, 1.807) is 31.3 Å². The van der Waals surface area contributed by atoms with Crippen LogP contribution >= 0.6 is 0 Å². The van der Waals surface area contributed by atoms with Crippen LogP contribution in [0, 0.1) is 0 Å². The third kappa shape index (κ3) is 4.07. The van der Waals surface area contributed by atoms with Gasteiger partial charge in [0.1, 0.15) is 0 Å². The minimum Gasteiger partial charge on any atom is -0.376 e. The molecule has 1 heterocycles. The maximum absolute atomic E-state index is 12.1. The van der Waals surface area contributed by atoms with E-state index < -0.39 is 9.84 Å². The first kappa shape index (κ1) is 16.5. The second-order valence-corrected chi connectivity index (χ2v) is 7.78. The first-order valence-electron chi connectivity index (χ1n) is 7.09. The summed E-state index contributed by atoms with van der Waals surface area (Å²) in [5.74, 6) is -0.0306. The third-order valence-electron chi connectivity index (χ3n) is 3.86. The van der Waals surface area contributed by atoms with E-state index in [4.69, 9.17) is 0 Å². The molecule has 0 aromatic heterocycles. The lowest BCUT2D eigenvalue weighted by atomic mass is 10.1. The number of hydrogen-bond donors (Lipinski definition) is 1. The van der Waals surface area contributed by atoms with Crippen molar-refractivity contribution in [2.24, 2.45) is 0 Å². The highest BCUT2D eigenvalue weighted by Gasteiger charge is 2.32. The molecule has 0 spiro atoms. The van der Waals surface area contributed by atoms with Crippen LogP contribution in [0.15, 0.2) is 24.3 Å². The van der Waals surface area contributed by atoms with Crippen molar-refractivity contribution in [1.82, 2.24) is 4.90 Å². The van der Waals surface area contributed by atoms with E-state index in [0.717, 1.165) is 0 Å². The van der Waals surface area contributed by atoms with Crippen LogP contribution < -0.4 is 5.32 Å². The van der Waals surface area contributed by atoms with Gasteiger partial charge in [0.25, 0.3) is 0 Å². The van der Waals surface area contributed by atoms with Crippen LogP contribution in [0.5, 0.6) is 0 Å². The van der Waals surface area contributed by atoms with Gasteiger partial charge >= 0.3 is 0 Å². The molecule has 22 heavy (non-hydrogen) atoms. The van der Waals surface area contributed by atoms with Gasteiger partial charge in [0.05, 0.1) is 18.1 Å². The average Bonchev–Trinajstić information content (AvgIpc) is 2.84. The zero-order valence-electron chi connectivity index (χ0n) is 12.7. The molecule has 0 radical (unpaired) electrons. The Labute approximate surface area is 130 Å². The van der Waals surface area contributed by atoms with Gasteiger partial charge in [-0.2, -0.15) is 0 Å². The summed E-state index contributed by atoms with van der Waals surface area (Å²) in [4.78, 5) is 24.9. The number of nitrogens with zero attached hydrogens (tertiary/aromatic N) is 1. The molecule has 1 aliphatic heterocycles.